The largest absolute Gasteiger partial charge is 0.397 e. The molecule has 1 saturated heterocycles. The van der Waals surface area contributed by atoms with Crippen LogP contribution >= 0.6 is 0 Å². The number of nitrogens with one attached hydrogen (secondary N) is 1. The number of rotatable bonds is 2. The molecule has 2 atom stereocenters. The zero-order valence-electron chi connectivity index (χ0n) is 9.85. The lowest BCUT2D eigenvalue weighted by molar-refractivity contribution is -0.125. The minimum absolute atomic E-state index is 0.00287. The molecule has 1 amide bonds. The van der Waals surface area contributed by atoms with E-state index in [0.717, 1.165) is 6.42 Å². The van der Waals surface area contributed by atoms with E-state index in [4.69, 9.17) is 10.5 Å². The van der Waals surface area contributed by atoms with E-state index in [0.29, 0.717) is 24.7 Å². The summed E-state index contributed by atoms with van der Waals surface area (Å²) < 4.78 is 5.32. The van der Waals surface area contributed by atoms with Gasteiger partial charge in [-0.1, -0.05) is 6.92 Å². The van der Waals surface area contributed by atoms with Crippen LogP contribution in [0.4, 0.5) is 11.5 Å². The normalized spacial score (nSPS) is 24.3. The maximum atomic E-state index is 12.0. The van der Waals surface area contributed by atoms with Crippen molar-refractivity contribution in [2.24, 2.45) is 11.8 Å². The summed E-state index contributed by atoms with van der Waals surface area (Å²) in [6, 6.07) is 3.42. The predicted octanol–water partition coefficient (Wildman–Crippen LogP) is 1.27. The SMILES string of the molecule is CC1COCCC1C(=O)Nc1ccc(N)cn1. The number of hydrogen-bond acceptors (Lipinski definition) is 4. The number of amides is 1. The number of carbonyl (C=O) groups is 1. The lowest BCUT2D eigenvalue weighted by Gasteiger charge is -2.27. The second kappa shape index (κ2) is 5.14. The minimum atomic E-state index is 0.00287. The first kappa shape index (κ1) is 11.9. The average Bonchev–Trinajstić information content (AvgIpc) is 2.32. The maximum absolute atomic E-state index is 12.0. The molecule has 5 nitrogen and oxygen atoms in total. The number of anilines is 2. The molecular formula is C12H17N3O2. The lowest BCUT2D eigenvalue weighted by atomic mass is 9.89. The Morgan fingerprint density at radius 1 is 1.59 bits per heavy atom. The van der Waals surface area contributed by atoms with Crippen molar-refractivity contribution in [3.8, 4) is 0 Å². The van der Waals surface area contributed by atoms with Gasteiger partial charge in [-0.3, -0.25) is 4.79 Å². The highest BCUT2D eigenvalue weighted by molar-refractivity contribution is 5.92. The molecule has 1 aliphatic heterocycles. The van der Waals surface area contributed by atoms with Gasteiger partial charge in [0.15, 0.2) is 0 Å². The zero-order valence-corrected chi connectivity index (χ0v) is 9.85. The molecule has 1 fully saturated rings. The van der Waals surface area contributed by atoms with E-state index in [1.807, 2.05) is 6.92 Å². The molecule has 0 saturated carbocycles. The average molecular weight is 235 g/mol. The molecule has 2 rings (SSSR count). The molecule has 0 aromatic carbocycles. The van der Waals surface area contributed by atoms with Crippen molar-refractivity contribution < 1.29 is 9.53 Å². The molecule has 1 aromatic heterocycles. The van der Waals surface area contributed by atoms with Crippen molar-refractivity contribution in [2.45, 2.75) is 13.3 Å². The second-order valence-electron chi connectivity index (χ2n) is 4.41. The predicted molar refractivity (Wildman–Crippen MR) is 65.4 cm³/mol. The van der Waals surface area contributed by atoms with Crippen LogP contribution in [-0.4, -0.2) is 24.1 Å². The van der Waals surface area contributed by atoms with Crippen molar-refractivity contribution in [2.75, 3.05) is 24.3 Å². The molecule has 2 heterocycles. The van der Waals surface area contributed by atoms with Crippen molar-refractivity contribution in [3.63, 3.8) is 0 Å². The molecule has 0 bridgehead atoms. The van der Waals surface area contributed by atoms with Crippen LogP contribution in [0.5, 0.6) is 0 Å². The summed E-state index contributed by atoms with van der Waals surface area (Å²) >= 11 is 0. The van der Waals surface area contributed by atoms with Crippen molar-refractivity contribution >= 4 is 17.4 Å². The molecule has 0 spiro atoms. The number of ether oxygens (including phenoxy) is 1. The van der Waals surface area contributed by atoms with E-state index < -0.39 is 0 Å². The molecule has 0 radical (unpaired) electrons. The number of aromatic nitrogens is 1. The fourth-order valence-electron chi connectivity index (χ4n) is 1.97. The first-order chi connectivity index (χ1) is 8.16. The Balaban J connectivity index is 1.98. The summed E-state index contributed by atoms with van der Waals surface area (Å²) in [5.41, 5.74) is 6.12. The summed E-state index contributed by atoms with van der Waals surface area (Å²) in [6.45, 7) is 3.32. The van der Waals surface area contributed by atoms with Gasteiger partial charge in [-0.05, 0) is 24.5 Å². The number of nitrogen functional groups attached to an aromatic ring is 1. The third-order valence-corrected chi connectivity index (χ3v) is 3.02. The summed E-state index contributed by atoms with van der Waals surface area (Å²) in [6.07, 6.45) is 2.30. The Bertz CT molecular complexity index is 391. The Morgan fingerprint density at radius 2 is 2.41 bits per heavy atom. The smallest absolute Gasteiger partial charge is 0.229 e. The van der Waals surface area contributed by atoms with E-state index in [9.17, 15) is 4.79 Å². The van der Waals surface area contributed by atoms with Gasteiger partial charge in [0.1, 0.15) is 5.82 Å². The molecular weight excluding hydrogens is 218 g/mol. The van der Waals surface area contributed by atoms with E-state index in [1.54, 1.807) is 12.1 Å². The van der Waals surface area contributed by atoms with Crippen LogP contribution in [0, 0.1) is 11.8 Å². The zero-order chi connectivity index (χ0) is 12.3. The number of hydrogen-bond donors (Lipinski definition) is 2. The van der Waals surface area contributed by atoms with E-state index in [2.05, 4.69) is 10.3 Å². The summed E-state index contributed by atoms with van der Waals surface area (Å²) in [4.78, 5) is 16.1. The van der Waals surface area contributed by atoms with Gasteiger partial charge in [-0.2, -0.15) is 0 Å². The van der Waals surface area contributed by atoms with Crippen LogP contribution in [0.1, 0.15) is 13.3 Å². The first-order valence-corrected chi connectivity index (χ1v) is 5.77. The molecule has 92 valence electrons. The standard InChI is InChI=1S/C12H17N3O2/c1-8-7-17-5-4-10(8)12(16)15-11-3-2-9(13)6-14-11/h2-3,6,8,10H,4-5,7,13H2,1H3,(H,14,15,16). The van der Waals surface area contributed by atoms with Gasteiger partial charge in [0.25, 0.3) is 0 Å². The van der Waals surface area contributed by atoms with Crippen LogP contribution in [0.3, 0.4) is 0 Å². The maximum Gasteiger partial charge on any atom is 0.229 e. The van der Waals surface area contributed by atoms with Crippen LogP contribution in [0.2, 0.25) is 0 Å². The minimum Gasteiger partial charge on any atom is -0.397 e. The van der Waals surface area contributed by atoms with Gasteiger partial charge in [-0.25, -0.2) is 4.98 Å². The second-order valence-corrected chi connectivity index (χ2v) is 4.41. The van der Waals surface area contributed by atoms with Crippen LogP contribution < -0.4 is 11.1 Å². The first-order valence-electron chi connectivity index (χ1n) is 5.77. The Kier molecular flexibility index (Phi) is 3.58. The third-order valence-electron chi connectivity index (χ3n) is 3.02. The Labute approximate surface area is 100 Å². The van der Waals surface area contributed by atoms with E-state index >= 15 is 0 Å². The van der Waals surface area contributed by atoms with Crippen LogP contribution in [0.15, 0.2) is 18.3 Å². The molecule has 1 aromatic rings. The highest BCUT2D eigenvalue weighted by Crippen LogP contribution is 2.22. The van der Waals surface area contributed by atoms with Gasteiger partial charge < -0.3 is 15.8 Å². The van der Waals surface area contributed by atoms with E-state index in [-0.39, 0.29) is 17.7 Å². The quantitative estimate of drug-likeness (QED) is 0.809. The molecule has 0 aliphatic carbocycles. The highest BCUT2D eigenvalue weighted by atomic mass is 16.5. The highest BCUT2D eigenvalue weighted by Gasteiger charge is 2.28. The number of nitrogens with zero attached hydrogens (tertiary/aromatic N) is 1. The van der Waals surface area contributed by atoms with E-state index in [1.165, 1.54) is 6.20 Å². The molecule has 2 unspecified atom stereocenters. The van der Waals surface area contributed by atoms with Gasteiger partial charge in [0.05, 0.1) is 11.9 Å². The number of carbonyl (C=O) groups excluding carboxylic acids is 1. The summed E-state index contributed by atoms with van der Waals surface area (Å²) in [5.74, 6) is 0.807. The van der Waals surface area contributed by atoms with Gasteiger partial charge in [0, 0.05) is 19.1 Å². The number of pyridine rings is 1. The van der Waals surface area contributed by atoms with Gasteiger partial charge in [0.2, 0.25) is 5.91 Å². The van der Waals surface area contributed by atoms with Crippen molar-refractivity contribution in [1.82, 2.24) is 4.98 Å². The van der Waals surface area contributed by atoms with Crippen molar-refractivity contribution in [3.05, 3.63) is 18.3 Å². The summed E-state index contributed by atoms with van der Waals surface area (Å²) in [7, 11) is 0. The Morgan fingerprint density at radius 3 is 3.06 bits per heavy atom. The topological polar surface area (TPSA) is 77.2 Å². The lowest BCUT2D eigenvalue weighted by Crippen LogP contribution is -2.35. The monoisotopic (exact) mass is 235 g/mol. The summed E-state index contributed by atoms with van der Waals surface area (Å²) in [5, 5.41) is 2.81. The molecule has 17 heavy (non-hydrogen) atoms. The number of nitrogens with two attached hydrogens (primary N) is 1. The Hall–Kier alpha value is -1.62. The van der Waals surface area contributed by atoms with Gasteiger partial charge >= 0.3 is 0 Å². The molecule has 3 N–H and O–H groups in total. The third kappa shape index (κ3) is 2.94. The van der Waals surface area contributed by atoms with Gasteiger partial charge in [-0.15, -0.1) is 0 Å². The van der Waals surface area contributed by atoms with Crippen LogP contribution in [0.25, 0.3) is 0 Å². The fourth-order valence-corrected chi connectivity index (χ4v) is 1.97. The van der Waals surface area contributed by atoms with Crippen molar-refractivity contribution in [1.29, 1.82) is 0 Å². The molecule has 5 heteroatoms. The fraction of sp³-hybridized carbons (Fsp3) is 0.500. The molecule has 1 aliphatic rings. The van der Waals surface area contributed by atoms with Crippen LogP contribution in [-0.2, 0) is 9.53 Å².